The van der Waals surface area contributed by atoms with Crippen LogP contribution in [0.3, 0.4) is 0 Å². The first-order chi connectivity index (χ1) is 11.9. The highest BCUT2D eigenvalue weighted by atomic mass is 15.5. The van der Waals surface area contributed by atoms with Gasteiger partial charge in [0.25, 0.3) is 0 Å². The van der Waals surface area contributed by atoms with E-state index in [0.717, 1.165) is 38.0 Å². The van der Waals surface area contributed by atoms with Gasteiger partial charge in [0, 0.05) is 31.7 Å². The quantitative estimate of drug-likeness (QED) is 0.780. The molecular formula is C21H48N4. The molecule has 0 aromatic carbocycles. The Labute approximate surface area is 159 Å². The first-order valence-corrected chi connectivity index (χ1v) is 10.8. The van der Waals surface area contributed by atoms with Crippen LogP contribution in [0.25, 0.3) is 0 Å². The Balaban J connectivity index is 0.000000483. The van der Waals surface area contributed by atoms with Crippen LogP contribution in [-0.4, -0.2) is 61.8 Å². The van der Waals surface area contributed by atoms with Crippen LogP contribution in [0.1, 0.15) is 74.1 Å². The predicted octanol–water partition coefficient (Wildman–Crippen LogP) is 3.99. The molecule has 4 heteroatoms. The Morgan fingerprint density at radius 2 is 1.56 bits per heavy atom. The molecule has 4 nitrogen and oxygen atoms in total. The lowest BCUT2D eigenvalue weighted by molar-refractivity contribution is 0.0587. The molecule has 0 spiro atoms. The van der Waals surface area contributed by atoms with Gasteiger partial charge in [-0.25, -0.2) is 5.01 Å². The first-order valence-electron chi connectivity index (χ1n) is 10.8. The fourth-order valence-electron chi connectivity index (χ4n) is 3.96. The van der Waals surface area contributed by atoms with Crippen molar-refractivity contribution in [1.82, 2.24) is 20.7 Å². The van der Waals surface area contributed by atoms with E-state index in [-0.39, 0.29) is 0 Å². The largest absolute Gasteiger partial charge is 0.314 e. The van der Waals surface area contributed by atoms with E-state index in [1.807, 2.05) is 20.9 Å². The van der Waals surface area contributed by atoms with Crippen molar-refractivity contribution < 1.29 is 0 Å². The minimum atomic E-state index is 0.410. The molecule has 0 amide bonds. The maximum absolute atomic E-state index is 3.27. The standard InChI is InChI=1S/C14H29N.C5H13N3.C2H6/c1-6-13-7-9-15(10-8-13)14(4,5)11-12(2)3;1-6-8-4-2-7-3-5-8;1-2/h12-13H,6-11H2,1-5H3;6-7H,2-5H2,1H3;1-2H3. The topological polar surface area (TPSA) is 30.5 Å². The lowest BCUT2D eigenvalue weighted by Crippen LogP contribution is -2.48. The Bertz CT molecular complexity index is 290. The molecule has 0 aromatic rings. The first kappa shape index (κ1) is 24.8. The van der Waals surface area contributed by atoms with Gasteiger partial charge in [-0.1, -0.05) is 41.0 Å². The second-order valence-electron chi connectivity index (χ2n) is 8.21. The summed E-state index contributed by atoms with van der Waals surface area (Å²) < 4.78 is 0. The smallest absolute Gasteiger partial charge is 0.0256 e. The van der Waals surface area contributed by atoms with Gasteiger partial charge in [0.1, 0.15) is 0 Å². The van der Waals surface area contributed by atoms with Crippen molar-refractivity contribution in [3.8, 4) is 0 Å². The zero-order valence-corrected chi connectivity index (χ0v) is 18.6. The zero-order chi connectivity index (χ0) is 19.3. The molecule has 0 unspecified atom stereocenters. The number of likely N-dealkylation sites (tertiary alicyclic amines) is 1. The molecule has 0 bridgehead atoms. The second-order valence-corrected chi connectivity index (χ2v) is 8.21. The van der Waals surface area contributed by atoms with Crippen molar-refractivity contribution in [3.63, 3.8) is 0 Å². The molecule has 2 N–H and O–H groups in total. The number of hydrogen-bond donors (Lipinski definition) is 2. The Morgan fingerprint density at radius 3 is 1.92 bits per heavy atom. The molecular weight excluding hydrogens is 308 g/mol. The van der Waals surface area contributed by atoms with Gasteiger partial charge >= 0.3 is 0 Å². The van der Waals surface area contributed by atoms with Gasteiger partial charge in [-0.15, -0.1) is 0 Å². The molecule has 2 aliphatic rings. The Hall–Kier alpha value is -0.160. The van der Waals surface area contributed by atoms with Crippen molar-refractivity contribution in [3.05, 3.63) is 0 Å². The lowest BCUT2D eigenvalue weighted by Gasteiger charge is -2.44. The van der Waals surface area contributed by atoms with E-state index in [0.29, 0.717) is 5.54 Å². The van der Waals surface area contributed by atoms with Crippen molar-refractivity contribution in [2.45, 2.75) is 79.7 Å². The molecule has 2 aliphatic heterocycles. The summed E-state index contributed by atoms with van der Waals surface area (Å²) in [6.45, 7) is 22.9. The summed E-state index contributed by atoms with van der Waals surface area (Å²) in [5.41, 5.74) is 3.51. The number of hydrazine groups is 1. The number of piperazine rings is 1. The van der Waals surface area contributed by atoms with Crippen LogP contribution in [0.15, 0.2) is 0 Å². The van der Waals surface area contributed by atoms with Crippen molar-refractivity contribution in [2.75, 3.05) is 46.3 Å². The molecule has 2 heterocycles. The zero-order valence-electron chi connectivity index (χ0n) is 18.6. The lowest BCUT2D eigenvalue weighted by atomic mass is 9.86. The van der Waals surface area contributed by atoms with Crippen molar-refractivity contribution in [2.24, 2.45) is 11.8 Å². The minimum absolute atomic E-state index is 0.410. The SMILES string of the molecule is CC.CCC1CCN(C(C)(C)CC(C)C)CC1.CNN1CCNCC1. The number of nitrogens with zero attached hydrogens (tertiary/aromatic N) is 2. The molecule has 2 rings (SSSR count). The van der Waals surface area contributed by atoms with Gasteiger partial charge in [-0.05, 0) is 65.1 Å². The van der Waals surface area contributed by atoms with E-state index in [4.69, 9.17) is 0 Å². The molecule has 2 saturated heterocycles. The average Bonchev–Trinajstić information content (AvgIpc) is 2.63. The summed E-state index contributed by atoms with van der Waals surface area (Å²) in [5.74, 6) is 1.81. The number of piperidine rings is 1. The van der Waals surface area contributed by atoms with Crippen molar-refractivity contribution in [1.29, 1.82) is 0 Å². The summed E-state index contributed by atoms with van der Waals surface area (Å²) in [6, 6.07) is 0. The van der Waals surface area contributed by atoms with Crippen LogP contribution < -0.4 is 10.7 Å². The number of rotatable bonds is 5. The monoisotopic (exact) mass is 356 g/mol. The van der Waals surface area contributed by atoms with Crippen LogP contribution in [0, 0.1) is 11.8 Å². The predicted molar refractivity (Wildman–Crippen MR) is 113 cm³/mol. The van der Waals surface area contributed by atoms with Gasteiger partial charge in [0.05, 0.1) is 0 Å². The van der Waals surface area contributed by atoms with E-state index in [1.165, 1.54) is 38.8 Å². The van der Waals surface area contributed by atoms with Gasteiger partial charge in [-0.2, -0.15) is 0 Å². The third-order valence-electron chi connectivity index (χ3n) is 5.39. The maximum Gasteiger partial charge on any atom is 0.0256 e. The normalized spacial score (nSPS) is 20.5. The van der Waals surface area contributed by atoms with Crippen LogP contribution in [0.5, 0.6) is 0 Å². The van der Waals surface area contributed by atoms with Gasteiger partial charge < -0.3 is 5.32 Å². The van der Waals surface area contributed by atoms with Crippen LogP contribution in [0.4, 0.5) is 0 Å². The van der Waals surface area contributed by atoms with E-state index in [9.17, 15) is 0 Å². The average molecular weight is 357 g/mol. The highest BCUT2D eigenvalue weighted by molar-refractivity contribution is 4.85. The van der Waals surface area contributed by atoms with E-state index in [2.05, 4.69) is 55.3 Å². The maximum atomic E-state index is 3.27. The minimum Gasteiger partial charge on any atom is -0.314 e. The van der Waals surface area contributed by atoms with E-state index >= 15 is 0 Å². The summed E-state index contributed by atoms with van der Waals surface area (Å²) in [5, 5.41) is 5.47. The van der Waals surface area contributed by atoms with Gasteiger partial charge in [-0.3, -0.25) is 10.3 Å². The molecule has 0 aromatic heterocycles. The highest BCUT2D eigenvalue weighted by Gasteiger charge is 2.30. The highest BCUT2D eigenvalue weighted by Crippen LogP contribution is 2.29. The van der Waals surface area contributed by atoms with Crippen LogP contribution in [0.2, 0.25) is 0 Å². The second kappa shape index (κ2) is 14.0. The summed E-state index contributed by atoms with van der Waals surface area (Å²) in [4.78, 5) is 2.71. The van der Waals surface area contributed by atoms with Crippen LogP contribution >= 0.6 is 0 Å². The van der Waals surface area contributed by atoms with E-state index < -0.39 is 0 Å². The Kier molecular flexibility index (Phi) is 13.9. The molecule has 25 heavy (non-hydrogen) atoms. The van der Waals surface area contributed by atoms with Gasteiger partial charge in [0.2, 0.25) is 0 Å². The Morgan fingerprint density at radius 1 is 1.04 bits per heavy atom. The van der Waals surface area contributed by atoms with Crippen molar-refractivity contribution >= 4 is 0 Å². The molecule has 0 atom stereocenters. The third-order valence-corrected chi connectivity index (χ3v) is 5.39. The molecule has 0 saturated carbocycles. The summed E-state index contributed by atoms with van der Waals surface area (Å²) in [6.07, 6.45) is 5.53. The summed E-state index contributed by atoms with van der Waals surface area (Å²) >= 11 is 0. The molecule has 0 radical (unpaired) electrons. The fourth-order valence-corrected chi connectivity index (χ4v) is 3.96. The fraction of sp³-hybridized carbons (Fsp3) is 1.00. The molecule has 0 aliphatic carbocycles. The third kappa shape index (κ3) is 10.5. The van der Waals surface area contributed by atoms with E-state index in [1.54, 1.807) is 0 Å². The molecule has 152 valence electrons. The number of nitrogens with one attached hydrogen (secondary N) is 2. The van der Waals surface area contributed by atoms with Gasteiger partial charge in [0.15, 0.2) is 0 Å². The summed E-state index contributed by atoms with van der Waals surface area (Å²) in [7, 11) is 1.96. The van der Waals surface area contributed by atoms with Crippen LogP contribution in [-0.2, 0) is 0 Å². The molecule has 2 fully saturated rings. The number of hydrogen-bond acceptors (Lipinski definition) is 4.